The molecule has 5 heteroatoms. The van der Waals surface area contributed by atoms with E-state index in [1.807, 2.05) is 37.3 Å². The van der Waals surface area contributed by atoms with Gasteiger partial charge in [0.2, 0.25) is 5.91 Å². The number of carbonyl (C=O) groups is 1. The lowest BCUT2D eigenvalue weighted by Crippen LogP contribution is -2.20. The molecule has 2 aromatic carbocycles. The summed E-state index contributed by atoms with van der Waals surface area (Å²) in [7, 11) is 0. The van der Waals surface area contributed by atoms with Crippen LogP contribution in [-0.2, 0) is 4.79 Å². The molecule has 2 rings (SSSR count). The molecule has 0 fully saturated rings. The average molecular weight is 343 g/mol. The predicted octanol–water partition coefficient (Wildman–Crippen LogP) is 5.78. The standard InChI is InChI=1S/C16H14Cl3NO/c1-2-11(10-6-4-3-5-7-10)16(21)20-15-9-13(18)12(17)8-14(15)19/h3-9,11H,2H2,1H3,(H,20,21). The Balaban J connectivity index is 2.23. The summed E-state index contributed by atoms with van der Waals surface area (Å²) in [5, 5.41) is 3.88. The summed E-state index contributed by atoms with van der Waals surface area (Å²) in [5.41, 5.74) is 1.43. The van der Waals surface area contributed by atoms with Crippen molar-refractivity contribution >= 4 is 46.4 Å². The van der Waals surface area contributed by atoms with E-state index in [2.05, 4.69) is 5.32 Å². The molecule has 0 aliphatic heterocycles. The fourth-order valence-corrected chi connectivity index (χ4v) is 2.69. The van der Waals surface area contributed by atoms with E-state index in [4.69, 9.17) is 34.8 Å². The van der Waals surface area contributed by atoms with E-state index in [1.54, 1.807) is 6.07 Å². The van der Waals surface area contributed by atoms with Crippen molar-refractivity contribution in [2.45, 2.75) is 19.3 Å². The van der Waals surface area contributed by atoms with Crippen LogP contribution in [0.15, 0.2) is 42.5 Å². The Kier molecular flexibility index (Phi) is 5.51. The SMILES string of the molecule is CCC(C(=O)Nc1cc(Cl)c(Cl)cc1Cl)c1ccccc1. The second-order valence-electron chi connectivity index (χ2n) is 4.61. The molecule has 1 unspecified atom stereocenters. The molecule has 0 aliphatic carbocycles. The van der Waals surface area contributed by atoms with Gasteiger partial charge in [-0.15, -0.1) is 0 Å². The normalized spacial score (nSPS) is 12.0. The molecule has 0 spiro atoms. The zero-order valence-electron chi connectivity index (χ0n) is 11.4. The molecule has 0 aliphatic rings. The molecule has 2 aromatic rings. The van der Waals surface area contributed by atoms with E-state index in [-0.39, 0.29) is 11.8 Å². The highest BCUT2D eigenvalue weighted by Gasteiger charge is 2.19. The van der Waals surface area contributed by atoms with Crippen molar-refractivity contribution in [3.05, 3.63) is 63.1 Å². The summed E-state index contributed by atoms with van der Waals surface area (Å²) in [5.74, 6) is -0.360. The summed E-state index contributed by atoms with van der Waals surface area (Å²) in [6.07, 6.45) is 0.689. The maximum atomic E-state index is 12.4. The first kappa shape index (κ1) is 16.2. The van der Waals surface area contributed by atoms with Crippen molar-refractivity contribution < 1.29 is 4.79 Å². The summed E-state index contributed by atoms with van der Waals surface area (Å²) in [4.78, 5) is 12.4. The second kappa shape index (κ2) is 7.17. The number of rotatable bonds is 4. The number of hydrogen-bond donors (Lipinski definition) is 1. The van der Waals surface area contributed by atoms with Gasteiger partial charge in [0.25, 0.3) is 0 Å². The zero-order valence-corrected chi connectivity index (χ0v) is 13.6. The van der Waals surface area contributed by atoms with E-state index in [0.29, 0.717) is 27.2 Å². The fraction of sp³-hybridized carbons (Fsp3) is 0.188. The summed E-state index contributed by atoms with van der Waals surface area (Å²) in [6, 6.07) is 12.7. The summed E-state index contributed by atoms with van der Waals surface area (Å²) >= 11 is 17.9. The highest BCUT2D eigenvalue weighted by atomic mass is 35.5. The van der Waals surface area contributed by atoms with E-state index < -0.39 is 0 Å². The van der Waals surface area contributed by atoms with Crippen LogP contribution in [0.2, 0.25) is 15.1 Å². The van der Waals surface area contributed by atoms with E-state index in [1.165, 1.54) is 6.07 Å². The monoisotopic (exact) mass is 341 g/mol. The first-order valence-electron chi connectivity index (χ1n) is 6.53. The third-order valence-corrected chi connectivity index (χ3v) is 4.23. The summed E-state index contributed by atoms with van der Waals surface area (Å²) in [6.45, 7) is 1.97. The minimum atomic E-state index is -0.239. The minimum absolute atomic E-state index is 0.121. The molecule has 0 saturated carbocycles. The average Bonchev–Trinajstić information content (AvgIpc) is 2.46. The van der Waals surface area contributed by atoms with Gasteiger partial charge in [-0.3, -0.25) is 4.79 Å². The van der Waals surface area contributed by atoms with Crippen molar-refractivity contribution in [1.29, 1.82) is 0 Å². The number of halogens is 3. The Morgan fingerprint density at radius 1 is 1.05 bits per heavy atom. The Bertz CT molecular complexity index is 643. The van der Waals surface area contributed by atoms with Gasteiger partial charge in [-0.05, 0) is 24.1 Å². The molecule has 0 bridgehead atoms. The maximum Gasteiger partial charge on any atom is 0.231 e. The van der Waals surface area contributed by atoms with Crippen LogP contribution in [0, 0.1) is 0 Å². The highest BCUT2D eigenvalue weighted by molar-refractivity contribution is 6.44. The number of carbonyl (C=O) groups excluding carboxylic acids is 1. The van der Waals surface area contributed by atoms with E-state index >= 15 is 0 Å². The van der Waals surface area contributed by atoms with Gasteiger partial charge in [-0.1, -0.05) is 72.1 Å². The van der Waals surface area contributed by atoms with Crippen LogP contribution in [0.25, 0.3) is 0 Å². The second-order valence-corrected chi connectivity index (χ2v) is 5.83. The summed E-state index contributed by atoms with van der Waals surface area (Å²) < 4.78 is 0. The van der Waals surface area contributed by atoms with Gasteiger partial charge in [0.1, 0.15) is 0 Å². The Morgan fingerprint density at radius 3 is 2.29 bits per heavy atom. The minimum Gasteiger partial charge on any atom is -0.324 e. The van der Waals surface area contributed by atoms with Crippen molar-refractivity contribution in [1.82, 2.24) is 0 Å². The Hall–Kier alpha value is -1.22. The van der Waals surface area contributed by atoms with Gasteiger partial charge in [-0.2, -0.15) is 0 Å². The Labute approximate surface area is 139 Å². The van der Waals surface area contributed by atoms with Crippen LogP contribution in [0.5, 0.6) is 0 Å². The van der Waals surface area contributed by atoms with Crippen molar-refractivity contribution in [2.75, 3.05) is 5.32 Å². The van der Waals surface area contributed by atoms with E-state index in [9.17, 15) is 4.79 Å². The van der Waals surface area contributed by atoms with Gasteiger partial charge in [0, 0.05) is 0 Å². The molecule has 1 atom stereocenters. The van der Waals surface area contributed by atoms with Crippen LogP contribution >= 0.6 is 34.8 Å². The van der Waals surface area contributed by atoms with Crippen LogP contribution in [0.3, 0.4) is 0 Å². The van der Waals surface area contributed by atoms with Gasteiger partial charge in [0.15, 0.2) is 0 Å². The van der Waals surface area contributed by atoms with Gasteiger partial charge in [-0.25, -0.2) is 0 Å². The predicted molar refractivity (Wildman–Crippen MR) is 89.6 cm³/mol. The lowest BCUT2D eigenvalue weighted by atomic mass is 9.95. The highest BCUT2D eigenvalue weighted by Crippen LogP contribution is 2.33. The topological polar surface area (TPSA) is 29.1 Å². The Morgan fingerprint density at radius 2 is 1.67 bits per heavy atom. The van der Waals surface area contributed by atoms with Crippen molar-refractivity contribution in [3.8, 4) is 0 Å². The molecule has 2 nitrogen and oxygen atoms in total. The van der Waals surface area contributed by atoms with Gasteiger partial charge < -0.3 is 5.32 Å². The zero-order chi connectivity index (χ0) is 15.4. The van der Waals surface area contributed by atoms with Crippen LogP contribution < -0.4 is 5.32 Å². The third-order valence-electron chi connectivity index (χ3n) is 3.19. The maximum absolute atomic E-state index is 12.4. The number of nitrogens with one attached hydrogen (secondary N) is 1. The van der Waals surface area contributed by atoms with Crippen molar-refractivity contribution in [2.24, 2.45) is 0 Å². The molecule has 110 valence electrons. The smallest absolute Gasteiger partial charge is 0.231 e. The fourth-order valence-electron chi connectivity index (χ4n) is 2.10. The number of hydrogen-bond acceptors (Lipinski definition) is 1. The first-order valence-corrected chi connectivity index (χ1v) is 7.66. The lowest BCUT2D eigenvalue weighted by molar-refractivity contribution is -0.117. The van der Waals surface area contributed by atoms with Gasteiger partial charge >= 0.3 is 0 Å². The number of benzene rings is 2. The molecule has 0 aromatic heterocycles. The molecular weight excluding hydrogens is 329 g/mol. The quantitative estimate of drug-likeness (QED) is 0.701. The number of anilines is 1. The van der Waals surface area contributed by atoms with Crippen molar-refractivity contribution in [3.63, 3.8) is 0 Å². The van der Waals surface area contributed by atoms with Crippen LogP contribution in [0.1, 0.15) is 24.8 Å². The van der Waals surface area contributed by atoms with Crippen LogP contribution in [0.4, 0.5) is 5.69 Å². The van der Waals surface area contributed by atoms with E-state index in [0.717, 1.165) is 5.56 Å². The first-order chi connectivity index (χ1) is 10.0. The molecule has 0 heterocycles. The molecule has 0 radical (unpaired) electrons. The molecule has 21 heavy (non-hydrogen) atoms. The third kappa shape index (κ3) is 3.91. The molecular formula is C16H14Cl3NO. The molecule has 1 N–H and O–H groups in total. The van der Waals surface area contributed by atoms with Gasteiger partial charge in [0.05, 0.1) is 26.7 Å². The largest absolute Gasteiger partial charge is 0.324 e. The number of amides is 1. The van der Waals surface area contributed by atoms with Crippen LogP contribution in [-0.4, -0.2) is 5.91 Å². The molecule has 0 saturated heterocycles. The molecule has 1 amide bonds. The lowest BCUT2D eigenvalue weighted by Gasteiger charge is -2.16.